The fourth-order valence-corrected chi connectivity index (χ4v) is 2.11. The van der Waals surface area contributed by atoms with Gasteiger partial charge < -0.3 is 10.3 Å². The molecule has 0 saturated carbocycles. The molecule has 1 aromatic heterocycles. The number of aromatic nitrogens is 2. The first-order valence-electron chi connectivity index (χ1n) is 6.76. The molecule has 3 aromatic rings. The lowest BCUT2D eigenvalue weighted by Gasteiger charge is -2.07. The van der Waals surface area contributed by atoms with E-state index in [2.05, 4.69) is 15.3 Å². The number of hydrogen-bond donors (Lipinski definition) is 2. The number of H-pyrrole nitrogens is 1. The van der Waals surface area contributed by atoms with Gasteiger partial charge in [-0.1, -0.05) is 60.7 Å². The second-order valence-electron chi connectivity index (χ2n) is 4.69. The average Bonchev–Trinajstić information content (AvgIpc) is 2.54. The van der Waals surface area contributed by atoms with Gasteiger partial charge >= 0.3 is 5.69 Å². The van der Waals surface area contributed by atoms with Crippen molar-refractivity contribution in [2.75, 3.05) is 5.32 Å². The van der Waals surface area contributed by atoms with Gasteiger partial charge in [-0.15, -0.1) is 0 Å². The quantitative estimate of drug-likeness (QED) is 0.770. The zero-order valence-electron chi connectivity index (χ0n) is 11.4. The molecule has 104 valence electrons. The first-order chi connectivity index (χ1) is 10.3. The highest BCUT2D eigenvalue weighted by Gasteiger charge is 2.03. The van der Waals surface area contributed by atoms with Crippen molar-refractivity contribution in [3.8, 4) is 11.3 Å². The number of benzene rings is 2. The number of rotatable bonds is 4. The fraction of sp³-hybridized carbons (Fsp3) is 0.0588. The number of nitrogens with zero attached hydrogens (tertiary/aromatic N) is 1. The average molecular weight is 277 g/mol. The van der Waals surface area contributed by atoms with Crippen molar-refractivity contribution in [2.45, 2.75) is 6.54 Å². The highest BCUT2D eigenvalue weighted by Crippen LogP contribution is 2.17. The molecule has 2 aromatic carbocycles. The predicted octanol–water partition coefficient (Wildman–Crippen LogP) is 3.05. The highest BCUT2D eigenvalue weighted by atomic mass is 16.1. The van der Waals surface area contributed by atoms with Crippen LogP contribution in [0.2, 0.25) is 0 Å². The number of anilines is 1. The molecule has 0 aliphatic rings. The Morgan fingerprint density at radius 1 is 0.952 bits per heavy atom. The Labute approximate surface area is 122 Å². The van der Waals surface area contributed by atoms with E-state index in [1.54, 1.807) is 0 Å². The third-order valence-corrected chi connectivity index (χ3v) is 3.15. The van der Waals surface area contributed by atoms with E-state index in [4.69, 9.17) is 0 Å². The van der Waals surface area contributed by atoms with E-state index >= 15 is 0 Å². The van der Waals surface area contributed by atoms with Crippen LogP contribution in [0.1, 0.15) is 5.56 Å². The minimum absolute atomic E-state index is 0.355. The summed E-state index contributed by atoms with van der Waals surface area (Å²) in [4.78, 5) is 18.4. The zero-order valence-corrected chi connectivity index (χ0v) is 11.4. The predicted molar refractivity (Wildman–Crippen MR) is 84.1 cm³/mol. The van der Waals surface area contributed by atoms with Crippen molar-refractivity contribution in [1.29, 1.82) is 0 Å². The normalized spacial score (nSPS) is 10.3. The van der Waals surface area contributed by atoms with E-state index in [1.807, 2.05) is 66.7 Å². The molecule has 21 heavy (non-hydrogen) atoms. The van der Waals surface area contributed by atoms with Crippen LogP contribution in [0, 0.1) is 0 Å². The molecule has 0 aliphatic carbocycles. The summed E-state index contributed by atoms with van der Waals surface area (Å²) in [6.07, 6.45) is 0. The molecule has 0 saturated heterocycles. The van der Waals surface area contributed by atoms with Crippen molar-refractivity contribution in [3.05, 3.63) is 82.8 Å². The van der Waals surface area contributed by atoms with Crippen LogP contribution in [-0.4, -0.2) is 9.97 Å². The van der Waals surface area contributed by atoms with Crippen molar-refractivity contribution in [2.24, 2.45) is 0 Å². The lowest BCUT2D eigenvalue weighted by molar-refractivity contribution is 1.04. The first-order valence-corrected chi connectivity index (χ1v) is 6.76. The number of nitrogens with one attached hydrogen (secondary N) is 2. The van der Waals surface area contributed by atoms with Crippen LogP contribution < -0.4 is 11.0 Å². The maximum Gasteiger partial charge on any atom is 0.347 e. The van der Waals surface area contributed by atoms with E-state index < -0.39 is 0 Å². The summed E-state index contributed by atoms with van der Waals surface area (Å²) in [5.41, 5.74) is 2.50. The summed E-state index contributed by atoms with van der Waals surface area (Å²) in [5, 5.41) is 3.18. The smallest absolute Gasteiger partial charge is 0.347 e. The topological polar surface area (TPSA) is 57.8 Å². The standard InChI is InChI=1S/C17H15N3O/c21-17-19-15(14-9-5-2-6-10-14)11-16(20-17)18-12-13-7-3-1-4-8-13/h1-11H,12H2,(H2,18,19,20,21). The Kier molecular flexibility index (Phi) is 3.78. The van der Waals surface area contributed by atoms with Gasteiger partial charge in [-0.25, -0.2) is 4.79 Å². The third kappa shape index (κ3) is 3.36. The van der Waals surface area contributed by atoms with Crippen LogP contribution in [0.4, 0.5) is 5.82 Å². The van der Waals surface area contributed by atoms with Gasteiger partial charge in [0.1, 0.15) is 5.82 Å². The molecule has 0 aliphatic heterocycles. The molecule has 0 fully saturated rings. The molecule has 0 unspecified atom stereocenters. The first kappa shape index (κ1) is 13.1. The maximum atomic E-state index is 11.7. The van der Waals surface area contributed by atoms with Crippen molar-refractivity contribution in [3.63, 3.8) is 0 Å². The molecule has 0 bridgehead atoms. The molecule has 4 heteroatoms. The Morgan fingerprint density at radius 3 is 2.33 bits per heavy atom. The van der Waals surface area contributed by atoms with Crippen molar-refractivity contribution < 1.29 is 0 Å². The SMILES string of the molecule is O=c1nc(NCc2ccccc2)cc(-c2ccccc2)[nH]1. The highest BCUT2D eigenvalue weighted by molar-refractivity contribution is 5.61. The van der Waals surface area contributed by atoms with Gasteiger partial charge in [0, 0.05) is 12.6 Å². The molecule has 1 heterocycles. The van der Waals surface area contributed by atoms with Crippen LogP contribution in [0.25, 0.3) is 11.3 Å². The van der Waals surface area contributed by atoms with Gasteiger partial charge in [0.15, 0.2) is 0 Å². The van der Waals surface area contributed by atoms with E-state index in [0.29, 0.717) is 12.4 Å². The van der Waals surface area contributed by atoms with E-state index in [1.165, 1.54) is 0 Å². The Morgan fingerprint density at radius 2 is 1.62 bits per heavy atom. The van der Waals surface area contributed by atoms with Gasteiger partial charge in [0.05, 0.1) is 5.69 Å². The Bertz CT molecular complexity index is 767. The van der Waals surface area contributed by atoms with Crippen molar-refractivity contribution >= 4 is 5.82 Å². The summed E-state index contributed by atoms with van der Waals surface area (Å²) in [7, 11) is 0. The van der Waals surface area contributed by atoms with Gasteiger partial charge in [-0.3, -0.25) is 0 Å². The van der Waals surface area contributed by atoms with Crippen LogP contribution in [-0.2, 0) is 6.54 Å². The van der Waals surface area contributed by atoms with Crippen LogP contribution in [0.15, 0.2) is 71.5 Å². The monoisotopic (exact) mass is 277 g/mol. The van der Waals surface area contributed by atoms with E-state index in [-0.39, 0.29) is 5.69 Å². The summed E-state index contributed by atoms with van der Waals surface area (Å²) in [6.45, 7) is 0.630. The molecular weight excluding hydrogens is 262 g/mol. The molecule has 4 nitrogen and oxygen atoms in total. The molecule has 0 spiro atoms. The number of aromatic amines is 1. The van der Waals surface area contributed by atoms with Gasteiger partial charge in [0.2, 0.25) is 0 Å². The minimum atomic E-state index is -0.355. The Balaban J connectivity index is 1.83. The van der Waals surface area contributed by atoms with Gasteiger partial charge in [-0.2, -0.15) is 4.98 Å². The fourth-order valence-electron chi connectivity index (χ4n) is 2.11. The Hall–Kier alpha value is -2.88. The summed E-state index contributed by atoms with van der Waals surface area (Å²) in [5.74, 6) is 0.571. The molecule has 2 N–H and O–H groups in total. The lowest BCUT2D eigenvalue weighted by Crippen LogP contribution is -2.14. The van der Waals surface area contributed by atoms with E-state index in [9.17, 15) is 4.79 Å². The van der Waals surface area contributed by atoms with Crippen molar-refractivity contribution in [1.82, 2.24) is 9.97 Å². The second-order valence-corrected chi connectivity index (χ2v) is 4.69. The largest absolute Gasteiger partial charge is 0.366 e. The van der Waals surface area contributed by atoms with Crippen LogP contribution >= 0.6 is 0 Å². The lowest BCUT2D eigenvalue weighted by atomic mass is 10.1. The molecular formula is C17H15N3O. The number of hydrogen-bond acceptors (Lipinski definition) is 3. The maximum absolute atomic E-state index is 11.7. The van der Waals surface area contributed by atoms with Gasteiger partial charge in [0.25, 0.3) is 0 Å². The molecule has 0 amide bonds. The minimum Gasteiger partial charge on any atom is -0.366 e. The van der Waals surface area contributed by atoms with E-state index in [0.717, 1.165) is 16.8 Å². The molecule has 0 radical (unpaired) electrons. The zero-order chi connectivity index (χ0) is 14.5. The summed E-state index contributed by atoms with van der Waals surface area (Å²) >= 11 is 0. The second kappa shape index (κ2) is 6.05. The van der Waals surface area contributed by atoms with Gasteiger partial charge in [-0.05, 0) is 11.1 Å². The van der Waals surface area contributed by atoms with Crippen LogP contribution in [0.3, 0.4) is 0 Å². The van der Waals surface area contributed by atoms with Crippen LogP contribution in [0.5, 0.6) is 0 Å². The molecule has 0 atom stereocenters. The summed E-state index contributed by atoms with van der Waals surface area (Å²) < 4.78 is 0. The third-order valence-electron chi connectivity index (χ3n) is 3.15. The summed E-state index contributed by atoms with van der Waals surface area (Å²) in [6, 6.07) is 21.6. The molecule has 3 rings (SSSR count).